The van der Waals surface area contributed by atoms with Crippen molar-refractivity contribution in [1.82, 2.24) is 51.5 Å². The SMILES string of the molecule is CCC(C)[C@@H]1NC(=O)[C@@H]2C[C@@H](O)CN2C(=O)[C@H](CC(=O)O)CC(=O)[C@@H]2CSc3[nH]c4ccc(CC(=O)CCCP(=O)(NCCC5C(=O)C=CC5=O)NCCN5C(=O)C=CC5=O)cc4c3C[C@H](CC1=O)C(=O)NCC(=O)N[C@@H]([C@@H](C)CC)C(=O)NCC(=O)N2. The van der Waals surface area contributed by atoms with Crippen molar-refractivity contribution in [2.45, 2.75) is 134 Å². The molecule has 1 fully saturated rings. The van der Waals surface area contributed by atoms with E-state index in [1.807, 2.05) is 0 Å². The normalized spacial score (nSPS) is 25.4. The number of carboxylic acids is 1. The second-order valence-electron chi connectivity index (χ2n) is 23.2. The van der Waals surface area contributed by atoms with Gasteiger partial charge in [-0.1, -0.05) is 46.6 Å². The molecule has 0 spiro atoms. The summed E-state index contributed by atoms with van der Waals surface area (Å²) in [4.78, 5) is 195. The van der Waals surface area contributed by atoms with E-state index in [0.29, 0.717) is 39.9 Å². The molecule has 29 heteroatoms. The maximum absolute atomic E-state index is 14.9. The Bertz CT molecular complexity index is 3150. The number of thioether (sulfide) groups is 1. The van der Waals surface area contributed by atoms with Crippen molar-refractivity contribution < 1.29 is 81.9 Å². The number of carbonyl (C=O) groups is 14. The number of rotatable bonds is 20. The maximum atomic E-state index is 14.9. The average molecular weight is 1260 g/mol. The molecule has 1 aromatic carbocycles. The van der Waals surface area contributed by atoms with Crippen LogP contribution < -0.4 is 36.8 Å². The van der Waals surface area contributed by atoms with Gasteiger partial charge in [0.15, 0.2) is 23.1 Å². The van der Waals surface area contributed by atoms with Gasteiger partial charge < -0.3 is 46.7 Å². The number of nitrogens with zero attached hydrogens (tertiary/aromatic N) is 2. The summed E-state index contributed by atoms with van der Waals surface area (Å²) in [6.45, 7) is 4.95. The van der Waals surface area contributed by atoms with E-state index in [-0.39, 0.29) is 87.4 Å². The van der Waals surface area contributed by atoms with E-state index < -0.39 is 171 Å². The van der Waals surface area contributed by atoms with E-state index in [4.69, 9.17) is 0 Å². The number of ketones is 5. The minimum atomic E-state index is -3.59. The van der Waals surface area contributed by atoms with Crippen LogP contribution in [0, 0.1) is 29.6 Å². The summed E-state index contributed by atoms with van der Waals surface area (Å²) in [5, 5.41) is 40.7. The van der Waals surface area contributed by atoms with E-state index in [1.54, 1.807) is 45.9 Å². The highest BCUT2D eigenvalue weighted by Gasteiger charge is 2.45. The minimum absolute atomic E-state index is 0.0190. The molecule has 1 aromatic heterocycles. The van der Waals surface area contributed by atoms with Crippen molar-refractivity contribution in [2.75, 3.05) is 51.2 Å². The Morgan fingerprint density at radius 1 is 0.773 bits per heavy atom. The molecular weight excluding hydrogens is 1180 g/mol. The second-order valence-corrected chi connectivity index (χ2v) is 26.7. The largest absolute Gasteiger partial charge is 0.481 e. The van der Waals surface area contributed by atoms with Crippen LogP contribution in [0.2, 0.25) is 0 Å². The van der Waals surface area contributed by atoms with Crippen LogP contribution in [0.3, 0.4) is 0 Å². The van der Waals surface area contributed by atoms with Crippen molar-refractivity contribution in [3.63, 3.8) is 0 Å². The van der Waals surface area contributed by atoms with E-state index >= 15 is 0 Å². The van der Waals surface area contributed by atoms with Crippen LogP contribution in [0.5, 0.6) is 0 Å². The van der Waals surface area contributed by atoms with Crippen molar-refractivity contribution in [3.8, 4) is 0 Å². The van der Waals surface area contributed by atoms with Crippen LogP contribution in [0.4, 0.5) is 0 Å². The molecule has 10 atom stereocenters. The second kappa shape index (κ2) is 30.6. The molecule has 5 aliphatic rings. The number of aliphatic carboxylic acids is 1. The van der Waals surface area contributed by atoms with Crippen LogP contribution in [-0.4, -0.2) is 189 Å². The monoisotopic (exact) mass is 1260 g/mol. The zero-order chi connectivity index (χ0) is 64.1. The fourth-order valence-electron chi connectivity index (χ4n) is 11.4. The fraction of sp³-hybridized carbons (Fsp3) is 0.559. The number of carbonyl (C=O) groups excluding carboxylic acids is 13. The van der Waals surface area contributed by atoms with Gasteiger partial charge in [0, 0.05) is 99.2 Å². The Labute approximate surface area is 511 Å². The van der Waals surface area contributed by atoms with Gasteiger partial charge in [0.05, 0.1) is 54.6 Å². The van der Waals surface area contributed by atoms with Crippen LogP contribution in [0.1, 0.15) is 96.6 Å². The van der Waals surface area contributed by atoms with Crippen LogP contribution in [0.15, 0.2) is 47.5 Å². The van der Waals surface area contributed by atoms with Crippen molar-refractivity contribution in [1.29, 1.82) is 0 Å². The van der Waals surface area contributed by atoms with Crippen molar-refractivity contribution in [3.05, 3.63) is 53.6 Å². The number of hydrogen-bond acceptors (Lipinski definition) is 17. The van der Waals surface area contributed by atoms with Crippen LogP contribution in [-0.2, 0) is 84.5 Å². The molecule has 1 aliphatic carbocycles. The number of Topliss-reactive ketones (excluding diaryl/α,β-unsaturated/α-hetero) is 3. The highest BCUT2D eigenvalue weighted by molar-refractivity contribution is 7.99. The lowest BCUT2D eigenvalue weighted by molar-refractivity contribution is -0.148. The number of allylic oxidation sites excluding steroid dienone is 2. The third kappa shape index (κ3) is 17.6. The number of benzene rings is 1. The number of aromatic nitrogens is 1. The van der Waals surface area contributed by atoms with Gasteiger partial charge >= 0.3 is 5.97 Å². The Morgan fingerprint density at radius 3 is 2.09 bits per heavy atom. The Morgan fingerprint density at radius 2 is 1.42 bits per heavy atom. The van der Waals surface area contributed by atoms with E-state index in [9.17, 15) is 81.9 Å². The van der Waals surface area contributed by atoms with Crippen molar-refractivity contribution in [2.24, 2.45) is 29.6 Å². The van der Waals surface area contributed by atoms with Gasteiger partial charge in [0.25, 0.3) is 11.8 Å². The van der Waals surface area contributed by atoms with Gasteiger partial charge in [-0.3, -0.25) is 86.8 Å². The molecule has 2 bridgehead atoms. The number of aliphatic hydroxyl groups is 1. The lowest BCUT2D eigenvalue weighted by atomic mass is 9.86. The molecule has 476 valence electrons. The first kappa shape index (κ1) is 68.0. The Balaban J connectivity index is 1.24. The van der Waals surface area contributed by atoms with E-state index in [0.717, 1.165) is 33.7 Å². The Kier molecular flexibility index (Phi) is 23.6. The van der Waals surface area contributed by atoms with E-state index in [1.165, 1.54) is 12.2 Å². The number of imide groups is 1. The van der Waals surface area contributed by atoms with Gasteiger partial charge in [-0.05, 0) is 66.5 Å². The first-order chi connectivity index (χ1) is 41.8. The summed E-state index contributed by atoms with van der Waals surface area (Å²) >= 11 is 1.00. The number of aliphatic hydroxyl groups excluding tert-OH is 1. The lowest BCUT2D eigenvalue weighted by Crippen LogP contribution is -2.55. The van der Waals surface area contributed by atoms with Gasteiger partial charge in [-0.2, -0.15) is 0 Å². The van der Waals surface area contributed by atoms with Crippen molar-refractivity contribution >= 4 is 112 Å². The third-order valence-corrected chi connectivity index (χ3v) is 20.3. The molecule has 1 saturated heterocycles. The highest BCUT2D eigenvalue weighted by atomic mass is 32.2. The first-order valence-electron chi connectivity index (χ1n) is 29.6. The zero-order valence-corrected chi connectivity index (χ0v) is 51.2. The van der Waals surface area contributed by atoms with Gasteiger partial charge in [-0.25, -0.2) is 0 Å². The van der Waals surface area contributed by atoms with Crippen LogP contribution in [0.25, 0.3) is 10.9 Å². The minimum Gasteiger partial charge on any atom is -0.481 e. The molecule has 88 heavy (non-hydrogen) atoms. The summed E-state index contributed by atoms with van der Waals surface area (Å²) in [7, 11) is -3.59. The molecule has 10 N–H and O–H groups in total. The molecule has 4 aliphatic heterocycles. The number of amides is 8. The fourth-order valence-corrected chi connectivity index (χ4v) is 14.5. The molecule has 2 unspecified atom stereocenters. The molecule has 2 aromatic rings. The quantitative estimate of drug-likeness (QED) is 0.0477. The topological polar surface area (TPSA) is 403 Å². The molecule has 5 heterocycles. The summed E-state index contributed by atoms with van der Waals surface area (Å²) in [6.07, 6.45) is 1.11. The van der Waals surface area contributed by atoms with Gasteiger partial charge in [-0.15, -0.1) is 11.8 Å². The number of nitrogens with one attached hydrogen (secondary N) is 8. The summed E-state index contributed by atoms with van der Waals surface area (Å²) in [5.41, 5.74) is 1.35. The number of aromatic amines is 1. The third-order valence-electron chi connectivity index (χ3n) is 16.7. The smallest absolute Gasteiger partial charge is 0.304 e. The lowest BCUT2D eigenvalue weighted by Gasteiger charge is -2.31. The predicted octanol–water partition coefficient (Wildman–Crippen LogP) is 0.0994. The van der Waals surface area contributed by atoms with Crippen LogP contribution >= 0.6 is 19.2 Å². The summed E-state index contributed by atoms with van der Waals surface area (Å²) in [6, 6.07) is -0.355. The molecule has 8 amide bonds. The predicted molar refractivity (Wildman–Crippen MR) is 318 cm³/mol. The number of fused-ring (bicyclic) bond motifs is 5. The maximum Gasteiger partial charge on any atom is 0.304 e. The molecule has 27 nitrogen and oxygen atoms in total. The number of hydrogen-bond donors (Lipinski definition) is 10. The Hall–Kier alpha value is -7.52. The average Bonchev–Trinajstić information content (AvgIpc) is 3.36. The highest BCUT2D eigenvalue weighted by Crippen LogP contribution is 2.38. The van der Waals surface area contributed by atoms with E-state index in [2.05, 4.69) is 41.7 Å². The van der Waals surface area contributed by atoms with Gasteiger partial charge in [0.2, 0.25) is 42.9 Å². The molecule has 7 rings (SSSR count). The summed E-state index contributed by atoms with van der Waals surface area (Å²) < 4.78 is 14.4. The molecule has 0 saturated carbocycles. The molecular formula is C59H77N10O17PS. The standard InChI is InChI=1S/C59H77N10O17PS/c1-5-31(3)53-47(75)23-34-22-40-39-21-33(20-36(70)8-7-19-87(86,62-16-15-38-44(72)11-12-45(38)73)63-17-18-68-50(78)13-14-51(68)79)9-10-41(39)65-58(40)88-30-42(64-48(76)27-61-57(84)54(32(4)6-2)66-49(77)28-60-55(34)82)46(74)24-35(25-52(80)81)59(85)69-29-37(71)26-43(69)56(83)67-53/h9-14,21,31-32,34-35,37-38,42-43,53-54,65,71H,5-8,15-20,22-30H2,1-4H3,(H,60,82)(H,61,84)(H,64,76)(H,66,77)(H,67,83)(H,80,81)(H2,62,63,86)/t31?,32-,34+,35-,37+,42-,43-,53-,54-,87?/m0/s1. The zero-order valence-electron chi connectivity index (χ0n) is 49.5. The van der Waals surface area contributed by atoms with Gasteiger partial charge in [0.1, 0.15) is 17.9 Å². The first-order valence-corrected chi connectivity index (χ1v) is 32.5. The number of H-pyrrole nitrogens is 1. The molecule has 0 radical (unpaired) electrons. The summed E-state index contributed by atoms with van der Waals surface area (Å²) in [5.74, 6) is -15.2. The number of carboxylic acid groups (broad SMARTS) is 1.